The summed E-state index contributed by atoms with van der Waals surface area (Å²) in [7, 11) is 1.84. The van der Waals surface area contributed by atoms with Gasteiger partial charge in [0.25, 0.3) is 0 Å². The molecule has 2 aromatic rings. The highest BCUT2D eigenvalue weighted by atomic mass is 35.5. The van der Waals surface area contributed by atoms with Gasteiger partial charge in [0, 0.05) is 20.1 Å². The van der Waals surface area contributed by atoms with Crippen molar-refractivity contribution in [1.29, 1.82) is 0 Å². The first-order valence-electron chi connectivity index (χ1n) is 8.23. The van der Waals surface area contributed by atoms with E-state index in [1.165, 1.54) is 18.4 Å². The molecule has 0 radical (unpaired) electrons. The van der Waals surface area contributed by atoms with E-state index < -0.39 is 10.0 Å². The molecule has 27 heavy (non-hydrogen) atoms. The molecule has 152 valence electrons. The molecule has 2 rings (SSSR count). The second kappa shape index (κ2) is 9.29. The largest absolute Gasteiger partial charge is 0.308 e. The Labute approximate surface area is 171 Å². The summed E-state index contributed by atoms with van der Waals surface area (Å²) in [4.78, 5) is 21.0. The third-order valence-electron chi connectivity index (χ3n) is 4.05. The summed E-state index contributed by atoms with van der Waals surface area (Å²) in [6.45, 7) is 4.92. The van der Waals surface area contributed by atoms with Crippen molar-refractivity contribution in [3.05, 3.63) is 23.3 Å². The molecule has 0 aliphatic carbocycles. The van der Waals surface area contributed by atoms with Crippen LogP contribution in [0.2, 0.25) is 0 Å². The molecule has 7 nitrogen and oxygen atoms in total. The molecule has 1 amide bonds. The number of rotatable bonds is 7. The zero-order chi connectivity index (χ0) is 19.6. The minimum atomic E-state index is -3.42. The highest BCUT2D eigenvalue weighted by Gasteiger charge is 2.24. The van der Waals surface area contributed by atoms with Crippen molar-refractivity contribution < 1.29 is 13.2 Å². The fourth-order valence-electron chi connectivity index (χ4n) is 2.49. The van der Waals surface area contributed by atoms with Crippen LogP contribution in [0.4, 0.5) is 5.13 Å². The van der Waals surface area contributed by atoms with E-state index in [1.54, 1.807) is 4.90 Å². The normalized spacial score (nSPS) is 11.9. The lowest BCUT2D eigenvalue weighted by Crippen LogP contribution is -2.43. The second-order valence-electron chi connectivity index (χ2n) is 6.79. The first kappa shape index (κ1) is 23.8. The molecule has 0 fully saturated rings. The highest BCUT2D eigenvalue weighted by Crippen LogP contribution is 2.31. The van der Waals surface area contributed by atoms with Gasteiger partial charge < -0.3 is 4.90 Å². The summed E-state index contributed by atoms with van der Waals surface area (Å²) < 4.78 is 25.4. The third kappa shape index (κ3) is 6.11. The Kier molecular flexibility index (Phi) is 8.18. The Hall–Kier alpha value is -1.26. The lowest BCUT2D eigenvalue weighted by atomic mass is 10.1. The standard InChI is InChI=1S/C17H26N4O3S2.ClH/c1-12-9-13(2)16-14(10-12)25-17(18-16)21(8-7-19(3)4)15(22)11-20(5)26(6,23)24;/h9-10H,7-8,11H2,1-6H3;1H. The van der Waals surface area contributed by atoms with Gasteiger partial charge in [0.05, 0.1) is 23.0 Å². The van der Waals surface area contributed by atoms with Gasteiger partial charge in [-0.3, -0.25) is 9.69 Å². The lowest BCUT2D eigenvalue weighted by molar-refractivity contribution is -0.118. The van der Waals surface area contributed by atoms with E-state index in [0.29, 0.717) is 18.2 Å². The Bertz CT molecular complexity index is 912. The summed E-state index contributed by atoms with van der Waals surface area (Å²) in [5.74, 6) is -0.284. The fourth-order valence-corrected chi connectivity index (χ4v) is 4.02. The van der Waals surface area contributed by atoms with Crippen molar-refractivity contribution in [2.75, 3.05) is 51.9 Å². The molecule has 0 atom stereocenters. The molecule has 0 unspecified atom stereocenters. The van der Waals surface area contributed by atoms with Gasteiger partial charge in [-0.2, -0.15) is 4.31 Å². The van der Waals surface area contributed by atoms with Gasteiger partial charge >= 0.3 is 0 Å². The molecular weight excluding hydrogens is 408 g/mol. The van der Waals surface area contributed by atoms with E-state index >= 15 is 0 Å². The van der Waals surface area contributed by atoms with E-state index in [1.807, 2.05) is 32.8 Å². The van der Waals surface area contributed by atoms with Crippen LogP contribution in [-0.4, -0.2) is 75.5 Å². The van der Waals surface area contributed by atoms with E-state index in [-0.39, 0.29) is 24.9 Å². The zero-order valence-corrected chi connectivity index (χ0v) is 19.0. The van der Waals surface area contributed by atoms with Gasteiger partial charge in [-0.15, -0.1) is 12.4 Å². The molecule has 0 N–H and O–H groups in total. The molecule has 0 aliphatic rings. The third-order valence-corrected chi connectivity index (χ3v) is 6.33. The first-order chi connectivity index (χ1) is 12.0. The Morgan fingerprint density at radius 2 is 1.78 bits per heavy atom. The summed E-state index contributed by atoms with van der Waals surface area (Å²) >= 11 is 1.46. The fraction of sp³-hybridized carbons (Fsp3) is 0.529. The van der Waals surface area contributed by atoms with Crippen LogP contribution in [0.5, 0.6) is 0 Å². The molecule has 0 spiro atoms. The maximum Gasteiger partial charge on any atom is 0.244 e. The van der Waals surface area contributed by atoms with Gasteiger partial charge in [0.2, 0.25) is 15.9 Å². The van der Waals surface area contributed by atoms with Crippen LogP contribution < -0.4 is 4.90 Å². The maximum atomic E-state index is 12.8. The number of halogens is 1. The Morgan fingerprint density at radius 1 is 1.15 bits per heavy atom. The van der Waals surface area contributed by atoms with E-state index in [9.17, 15) is 13.2 Å². The highest BCUT2D eigenvalue weighted by molar-refractivity contribution is 7.88. The van der Waals surface area contributed by atoms with Crippen LogP contribution in [0, 0.1) is 13.8 Å². The van der Waals surface area contributed by atoms with E-state index in [0.717, 1.165) is 31.9 Å². The monoisotopic (exact) mass is 434 g/mol. The number of hydrogen-bond acceptors (Lipinski definition) is 6. The van der Waals surface area contributed by atoms with Crippen molar-refractivity contribution in [1.82, 2.24) is 14.2 Å². The van der Waals surface area contributed by atoms with Crippen molar-refractivity contribution in [2.24, 2.45) is 0 Å². The SMILES string of the molecule is Cc1cc(C)c2nc(N(CCN(C)C)C(=O)CN(C)S(C)(=O)=O)sc2c1.Cl. The molecule has 0 aliphatic heterocycles. The average molecular weight is 435 g/mol. The lowest BCUT2D eigenvalue weighted by Gasteiger charge is -2.24. The maximum absolute atomic E-state index is 12.8. The number of likely N-dealkylation sites (N-methyl/N-ethyl adjacent to an activating group) is 2. The number of fused-ring (bicyclic) bond motifs is 1. The van der Waals surface area contributed by atoms with Gasteiger partial charge in [-0.25, -0.2) is 13.4 Å². The number of hydrogen-bond donors (Lipinski definition) is 0. The first-order valence-corrected chi connectivity index (χ1v) is 10.9. The summed E-state index contributed by atoms with van der Waals surface area (Å²) in [5, 5.41) is 0.599. The number of aromatic nitrogens is 1. The van der Waals surface area contributed by atoms with Gasteiger partial charge in [-0.1, -0.05) is 17.4 Å². The number of thiazole rings is 1. The number of carbonyl (C=O) groups excluding carboxylic acids is 1. The minimum Gasteiger partial charge on any atom is -0.308 e. The molecule has 0 bridgehead atoms. The second-order valence-corrected chi connectivity index (χ2v) is 9.89. The van der Waals surface area contributed by atoms with Crippen LogP contribution in [0.1, 0.15) is 11.1 Å². The van der Waals surface area contributed by atoms with Crippen LogP contribution in [0.3, 0.4) is 0 Å². The molecule has 1 aromatic carbocycles. The van der Waals surface area contributed by atoms with Gasteiger partial charge in [0.15, 0.2) is 5.13 Å². The number of anilines is 1. The van der Waals surface area contributed by atoms with Crippen molar-refractivity contribution in [3.8, 4) is 0 Å². The van der Waals surface area contributed by atoms with Crippen LogP contribution in [-0.2, 0) is 14.8 Å². The topological polar surface area (TPSA) is 73.8 Å². The van der Waals surface area contributed by atoms with E-state index in [4.69, 9.17) is 0 Å². The number of nitrogens with zero attached hydrogens (tertiary/aromatic N) is 4. The van der Waals surface area contributed by atoms with Crippen LogP contribution >= 0.6 is 23.7 Å². The quantitative estimate of drug-likeness (QED) is 0.667. The Morgan fingerprint density at radius 3 is 2.33 bits per heavy atom. The zero-order valence-electron chi connectivity index (χ0n) is 16.5. The summed E-state index contributed by atoms with van der Waals surface area (Å²) in [5.41, 5.74) is 3.10. The smallest absolute Gasteiger partial charge is 0.244 e. The summed E-state index contributed by atoms with van der Waals surface area (Å²) in [6.07, 6.45) is 1.09. The van der Waals surface area contributed by atoms with Crippen molar-refractivity contribution >= 4 is 55.0 Å². The molecule has 10 heteroatoms. The molecular formula is C17H27ClN4O3S2. The number of sulfonamides is 1. The average Bonchev–Trinajstić information content (AvgIpc) is 2.89. The van der Waals surface area contributed by atoms with Crippen LogP contribution in [0.15, 0.2) is 12.1 Å². The number of amides is 1. The van der Waals surface area contributed by atoms with Crippen molar-refractivity contribution in [2.45, 2.75) is 13.8 Å². The minimum absolute atomic E-state index is 0. The van der Waals surface area contributed by atoms with Crippen LogP contribution in [0.25, 0.3) is 10.2 Å². The predicted octanol–water partition coefficient (Wildman–Crippen LogP) is 2.12. The predicted molar refractivity (Wildman–Crippen MR) is 115 cm³/mol. The molecule has 1 heterocycles. The van der Waals surface area contributed by atoms with Gasteiger partial charge in [0.1, 0.15) is 0 Å². The number of benzene rings is 1. The number of carbonyl (C=O) groups is 1. The van der Waals surface area contributed by atoms with Crippen molar-refractivity contribution in [3.63, 3.8) is 0 Å². The Balaban J connectivity index is 0.00000364. The molecule has 0 saturated heterocycles. The van der Waals surface area contributed by atoms with E-state index in [2.05, 4.69) is 17.1 Å². The molecule has 1 aromatic heterocycles. The summed E-state index contributed by atoms with van der Waals surface area (Å²) in [6, 6.07) is 4.12. The van der Waals surface area contributed by atoms with Gasteiger partial charge in [-0.05, 0) is 45.1 Å². The number of aryl methyl sites for hydroxylation is 2. The molecule has 0 saturated carbocycles.